The van der Waals surface area contributed by atoms with Gasteiger partial charge in [0.25, 0.3) is 11.6 Å². The highest BCUT2D eigenvalue weighted by Gasteiger charge is 2.25. The van der Waals surface area contributed by atoms with E-state index >= 15 is 0 Å². The van der Waals surface area contributed by atoms with Gasteiger partial charge in [0, 0.05) is 36.3 Å². The molecule has 27 heavy (non-hydrogen) atoms. The van der Waals surface area contributed by atoms with Crippen LogP contribution in [0.3, 0.4) is 0 Å². The number of likely N-dealkylation sites (tertiary alicyclic amines) is 1. The van der Waals surface area contributed by atoms with E-state index in [2.05, 4.69) is 0 Å². The molecule has 0 saturated carbocycles. The summed E-state index contributed by atoms with van der Waals surface area (Å²) >= 11 is 0. The molecule has 1 atom stereocenters. The Hall–Kier alpha value is -2.87. The SMILES string of the molecule is O=C(c1ccc([N+](=O)[O-])cc1)N1CCC[C@@H](OCc2cc(F)ccc2F)C1. The van der Waals surface area contributed by atoms with Crippen molar-refractivity contribution in [2.75, 3.05) is 13.1 Å². The Morgan fingerprint density at radius 1 is 1.22 bits per heavy atom. The van der Waals surface area contributed by atoms with E-state index in [-0.39, 0.29) is 29.9 Å². The first-order valence-corrected chi connectivity index (χ1v) is 8.53. The van der Waals surface area contributed by atoms with Crippen LogP contribution < -0.4 is 0 Å². The summed E-state index contributed by atoms with van der Waals surface area (Å²) in [6.07, 6.45) is 1.14. The van der Waals surface area contributed by atoms with Crippen LogP contribution in [0.2, 0.25) is 0 Å². The lowest BCUT2D eigenvalue weighted by Crippen LogP contribution is -2.43. The number of benzene rings is 2. The third-order valence-electron chi connectivity index (χ3n) is 4.47. The lowest BCUT2D eigenvalue weighted by atomic mass is 10.1. The maximum absolute atomic E-state index is 13.7. The first-order valence-electron chi connectivity index (χ1n) is 8.53. The van der Waals surface area contributed by atoms with Gasteiger partial charge in [-0.25, -0.2) is 8.78 Å². The number of hydrogen-bond donors (Lipinski definition) is 0. The first-order chi connectivity index (χ1) is 12.9. The van der Waals surface area contributed by atoms with Gasteiger partial charge in [-0.3, -0.25) is 14.9 Å². The second-order valence-electron chi connectivity index (χ2n) is 6.37. The summed E-state index contributed by atoms with van der Waals surface area (Å²) in [6.45, 7) is 0.796. The van der Waals surface area contributed by atoms with E-state index in [0.29, 0.717) is 25.1 Å². The number of carbonyl (C=O) groups excluding carboxylic acids is 1. The van der Waals surface area contributed by atoms with Gasteiger partial charge in [0.2, 0.25) is 0 Å². The normalized spacial score (nSPS) is 17.0. The fourth-order valence-corrected chi connectivity index (χ4v) is 3.03. The van der Waals surface area contributed by atoms with E-state index in [4.69, 9.17) is 4.74 Å². The summed E-state index contributed by atoms with van der Waals surface area (Å²) in [5.74, 6) is -1.31. The lowest BCUT2D eigenvalue weighted by molar-refractivity contribution is -0.384. The molecule has 1 heterocycles. The van der Waals surface area contributed by atoms with Crippen LogP contribution in [0.1, 0.15) is 28.8 Å². The number of non-ortho nitro benzene ring substituents is 1. The fraction of sp³-hybridized carbons (Fsp3) is 0.316. The molecule has 8 heteroatoms. The van der Waals surface area contributed by atoms with Crippen molar-refractivity contribution in [2.24, 2.45) is 0 Å². The maximum Gasteiger partial charge on any atom is 0.269 e. The molecule has 0 unspecified atom stereocenters. The van der Waals surface area contributed by atoms with Crippen LogP contribution >= 0.6 is 0 Å². The van der Waals surface area contributed by atoms with Crippen molar-refractivity contribution in [3.63, 3.8) is 0 Å². The fourth-order valence-electron chi connectivity index (χ4n) is 3.03. The smallest absolute Gasteiger partial charge is 0.269 e. The van der Waals surface area contributed by atoms with Crippen LogP contribution in [0.5, 0.6) is 0 Å². The minimum atomic E-state index is -0.536. The molecule has 1 saturated heterocycles. The second-order valence-corrected chi connectivity index (χ2v) is 6.37. The Balaban J connectivity index is 1.60. The number of nitro benzene ring substituents is 1. The number of hydrogen-bond acceptors (Lipinski definition) is 4. The van der Waals surface area contributed by atoms with Crippen molar-refractivity contribution in [3.8, 4) is 0 Å². The van der Waals surface area contributed by atoms with Gasteiger partial charge in [-0.15, -0.1) is 0 Å². The largest absolute Gasteiger partial charge is 0.372 e. The van der Waals surface area contributed by atoms with Crippen molar-refractivity contribution in [1.82, 2.24) is 4.90 Å². The zero-order chi connectivity index (χ0) is 19.4. The van der Waals surface area contributed by atoms with Crippen molar-refractivity contribution in [2.45, 2.75) is 25.6 Å². The molecule has 1 amide bonds. The Morgan fingerprint density at radius 2 is 1.96 bits per heavy atom. The third-order valence-corrected chi connectivity index (χ3v) is 4.47. The summed E-state index contributed by atoms with van der Waals surface area (Å²) in [5, 5.41) is 10.7. The van der Waals surface area contributed by atoms with Crippen LogP contribution in [-0.2, 0) is 11.3 Å². The minimum Gasteiger partial charge on any atom is -0.372 e. The van der Waals surface area contributed by atoms with Crippen molar-refractivity contribution in [1.29, 1.82) is 0 Å². The molecule has 0 spiro atoms. The van der Waals surface area contributed by atoms with E-state index in [1.165, 1.54) is 24.3 Å². The Labute approximate surface area is 154 Å². The molecule has 6 nitrogen and oxygen atoms in total. The quantitative estimate of drug-likeness (QED) is 0.589. The summed E-state index contributed by atoms with van der Waals surface area (Å²) in [4.78, 5) is 24.4. The molecule has 0 aromatic heterocycles. The number of rotatable bonds is 5. The van der Waals surface area contributed by atoms with E-state index in [0.717, 1.165) is 24.6 Å². The van der Waals surface area contributed by atoms with E-state index in [9.17, 15) is 23.7 Å². The van der Waals surface area contributed by atoms with Crippen molar-refractivity contribution >= 4 is 11.6 Å². The highest BCUT2D eigenvalue weighted by atomic mass is 19.1. The lowest BCUT2D eigenvalue weighted by Gasteiger charge is -2.32. The Morgan fingerprint density at radius 3 is 2.67 bits per heavy atom. The Bertz CT molecular complexity index is 842. The van der Waals surface area contributed by atoms with Gasteiger partial charge >= 0.3 is 0 Å². The zero-order valence-corrected chi connectivity index (χ0v) is 14.4. The monoisotopic (exact) mass is 376 g/mol. The minimum absolute atomic E-state index is 0.0756. The van der Waals surface area contributed by atoms with Crippen LogP contribution in [0.25, 0.3) is 0 Å². The number of halogens is 2. The molecule has 0 bridgehead atoms. The molecular formula is C19H18F2N2O4. The number of ether oxygens (including phenoxy) is 1. The van der Waals surface area contributed by atoms with Crippen LogP contribution in [0, 0.1) is 21.7 Å². The molecule has 142 valence electrons. The van der Waals surface area contributed by atoms with Gasteiger partial charge in [0.05, 0.1) is 17.6 Å². The van der Waals surface area contributed by atoms with Gasteiger partial charge in [0.15, 0.2) is 0 Å². The number of piperidine rings is 1. The highest BCUT2D eigenvalue weighted by Crippen LogP contribution is 2.20. The number of amides is 1. The molecule has 1 aliphatic rings. The second kappa shape index (κ2) is 8.22. The van der Waals surface area contributed by atoms with Crippen LogP contribution in [-0.4, -0.2) is 34.9 Å². The van der Waals surface area contributed by atoms with E-state index in [1.807, 2.05) is 0 Å². The molecule has 2 aromatic rings. The van der Waals surface area contributed by atoms with Gasteiger partial charge in [-0.2, -0.15) is 0 Å². The number of nitro groups is 1. The number of nitrogens with zero attached hydrogens (tertiary/aromatic N) is 2. The van der Waals surface area contributed by atoms with Crippen molar-refractivity contribution < 1.29 is 23.2 Å². The molecule has 0 N–H and O–H groups in total. The Kier molecular flexibility index (Phi) is 5.75. The van der Waals surface area contributed by atoms with Crippen molar-refractivity contribution in [3.05, 3.63) is 75.3 Å². The first kappa shape index (κ1) is 18.9. The van der Waals surface area contributed by atoms with Gasteiger partial charge in [-0.1, -0.05) is 0 Å². The van der Waals surface area contributed by atoms with Gasteiger partial charge in [0.1, 0.15) is 11.6 Å². The molecule has 1 fully saturated rings. The predicted octanol–water partition coefficient (Wildman–Crippen LogP) is 3.69. The van der Waals surface area contributed by atoms with Crippen LogP contribution in [0.4, 0.5) is 14.5 Å². The molecule has 0 aliphatic carbocycles. The molecule has 3 rings (SSSR count). The zero-order valence-electron chi connectivity index (χ0n) is 14.4. The summed E-state index contributed by atoms with van der Waals surface area (Å²) in [7, 11) is 0. The molecule has 1 aliphatic heterocycles. The molecule has 2 aromatic carbocycles. The number of carbonyl (C=O) groups is 1. The van der Waals surface area contributed by atoms with E-state index < -0.39 is 16.6 Å². The third kappa shape index (κ3) is 4.65. The summed E-state index contributed by atoms with van der Waals surface area (Å²) < 4.78 is 32.6. The molecule has 0 radical (unpaired) electrons. The summed E-state index contributed by atoms with van der Waals surface area (Å²) in [5.41, 5.74) is 0.412. The maximum atomic E-state index is 13.7. The predicted molar refractivity (Wildman–Crippen MR) is 93.2 cm³/mol. The average Bonchev–Trinajstić information content (AvgIpc) is 2.68. The molecular weight excluding hydrogens is 358 g/mol. The average molecular weight is 376 g/mol. The van der Waals surface area contributed by atoms with Gasteiger partial charge in [-0.05, 0) is 43.2 Å². The van der Waals surface area contributed by atoms with Crippen LogP contribution in [0.15, 0.2) is 42.5 Å². The van der Waals surface area contributed by atoms with E-state index in [1.54, 1.807) is 4.90 Å². The standard InChI is InChI=1S/C19H18F2N2O4/c20-15-5-8-18(21)14(10-15)12-27-17-2-1-9-22(11-17)19(24)13-3-6-16(7-4-13)23(25)26/h3-8,10,17H,1-2,9,11-12H2/t17-/m1/s1. The summed E-state index contributed by atoms with van der Waals surface area (Å²) in [6, 6.07) is 8.62. The highest BCUT2D eigenvalue weighted by molar-refractivity contribution is 5.94. The topological polar surface area (TPSA) is 72.7 Å². The van der Waals surface area contributed by atoms with Gasteiger partial charge < -0.3 is 9.64 Å².